The first-order valence-electron chi connectivity index (χ1n) is 9.35. The van der Waals surface area contributed by atoms with Gasteiger partial charge in [0.05, 0.1) is 24.5 Å². The van der Waals surface area contributed by atoms with Crippen LogP contribution in [-0.4, -0.2) is 73.9 Å². The fourth-order valence-electron chi connectivity index (χ4n) is 3.90. The average molecular weight is 377 g/mol. The van der Waals surface area contributed by atoms with Crippen LogP contribution in [0.5, 0.6) is 0 Å². The minimum Gasteiger partial charge on any atom is -0.443 e. The highest BCUT2D eigenvalue weighted by molar-refractivity contribution is 5.90. The zero-order valence-corrected chi connectivity index (χ0v) is 15.1. The quantitative estimate of drug-likeness (QED) is 0.838. The van der Waals surface area contributed by atoms with E-state index >= 15 is 0 Å². The van der Waals surface area contributed by atoms with Gasteiger partial charge in [0, 0.05) is 39.1 Å². The van der Waals surface area contributed by atoms with Crippen molar-refractivity contribution in [2.24, 2.45) is 5.73 Å². The summed E-state index contributed by atoms with van der Waals surface area (Å²) in [5.74, 6) is -0.251. The molecule has 2 N–H and O–H groups in total. The predicted molar refractivity (Wildman–Crippen MR) is 97.8 cm³/mol. The molecule has 3 aliphatic rings. The molecule has 0 aliphatic carbocycles. The summed E-state index contributed by atoms with van der Waals surface area (Å²) in [6, 6.07) is 4.77. The molecule has 0 saturated carbocycles. The van der Waals surface area contributed by atoms with Crippen molar-refractivity contribution >= 4 is 23.4 Å². The second-order valence-electron chi connectivity index (χ2n) is 7.05. The van der Waals surface area contributed by atoms with Gasteiger partial charge in [-0.1, -0.05) is 0 Å². The van der Waals surface area contributed by atoms with Crippen molar-refractivity contribution in [3.05, 3.63) is 24.0 Å². The lowest BCUT2D eigenvalue weighted by molar-refractivity contribution is -0.153. The van der Waals surface area contributed by atoms with Crippen molar-refractivity contribution in [2.45, 2.75) is 18.9 Å². The SMILES string of the molecule is NC[C@H]1CN(c2ccc(N3CCN4CCCC(=O)N4CC3)c(F)c2)C(=O)O1. The molecule has 9 heteroatoms. The van der Waals surface area contributed by atoms with Gasteiger partial charge in [-0.15, -0.1) is 0 Å². The first kappa shape index (κ1) is 18.0. The normalized spacial score (nSPS) is 24.1. The van der Waals surface area contributed by atoms with Crippen molar-refractivity contribution in [3.63, 3.8) is 0 Å². The van der Waals surface area contributed by atoms with Crippen LogP contribution < -0.4 is 15.5 Å². The van der Waals surface area contributed by atoms with E-state index in [-0.39, 0.29) is 18.6 Å². The van der Waals surface area contributed by atoms with Gasteiger partial charge in [0.2, 0.25) is 5.91 Å². The lowest BCUT2D eigenvalue weighted by atomic mass is 10.2. The summed E-state index contributed by atoms with van der Waals surface area (Å²) in [4.78, 5) is 27.4. The number of rotatable bonds is 3. The Labute approximate surface area is 157 Å². The van der Waals surface area contributed by atoms with Crippen molar-refractivity contribution in [2.75, 3.05) is 55.6 Å². The maximum atomic E-state index is 14.8. The Kier molecular flexibility index (Phi) is 4.88. The van der Waals surface area contributed by atoms with Gasteiger partial charge in [-0.05, 0) is 24.6 Å². The maximum Gasteiger partial charge on any atom is 0.414 e. The Balaban J connectivity index is 1.50. The molecule has 4 rings (SSSR count). The van der Waals surface area contributed by atoms with Crippen LogP contribution in [0.1, 0.15) is 12.8 Å². The number of nitrogens with zero attached hydrogens (tertiary/aromatic N) is 4. The van der Waals surface area contributed by atoms with Gasteiger partial charge in [0.15, 0.2) is 0 Å². The highest BCUT2D eigenvalue weighted by Crippen LogP contribution is 2.28. The molecular formula is C18H24FN5O3. The summed E-state index contributed by atoms with van der Waals surface area (Å²) in [7, 11) is 0. The van der Waals surface area contributed by atoms with Crippen LogP contribution in [0.3, 0.4) is 0 Å². The molecule has 0 radical (unpaired) electrons. The Morgan fingerprint density at radius 3 is 2.70 bits per heavy atom. The van der Waals surface area contributed by atoms with E-state index in [1.165, 1.54) is 11.0 Å². The van der Waals surface area contributed by atoms with E-state index in [1.807, 2.05) is 4.90 Å². The van der Waals surface area contributed by atoms with Gasteiger partial charge in [-0.2, -0.15) is 0 Å². The van der Waals surface area contributed by atoms with E-state index in [2.05, 4.69) is 5.01 Å². The minimum atomic E-state index is -0.504. The third-order valence-corrected chi connectivity index (χ3v) is 5.37. The maximum absolute atomic E-state index is 14.8. The number of amides is 2. The van der Waals surface area contributed by atoms with Gasteiger partial charge in [0.25, 0.3) is 0 Å². The Hall–Kier alpha value is -2.39. The van der Waals surface area contributed by atoms with Crippen LogP contribution in [0.25, 0.3) is 0 Å². The highest BCUT2D eigenvalue weighted by atomic mass is 19.1. The van der Waals surface area contributed by atoms with Crippen LogP contribution in [0.4, 0.5) is 20.6 Å². The number of cyclic esters (lactones) is 1. The molecule has 0 unspecified atom stereocenters. The number of carbonyl (C=O) groups is 2. The van der Waals surface area contributed by atoms with Crippen LogP contribution in [-0.2, 0) is 9.53 Å². The lowest BCUT2D eigenvalue weighted by Crippen LogP contribution is -2.50. The molecule has 1 aromatic carbocycles. The van der Waals surface area contributed by atoms with E-state index in [0.29, 0.717) is 50.5 Å². The summed E-state index contributed by atoms with van der Waals surface area (Å²) in [6.07, 6.45) is 0.578. The molecule has 27 heavy (non-hydrogen) atoms. The smallest absolute Gasteiger partial charge is 0.414 e. The largest absolute Gasteiger partial charge is 0.443 e. The fraction of sp³-hybridized carbons (Fsp3) is 0.556. The number of anilines is 2. The molecule has 8 nitrogen and oxygen atoms in total. The zero-order chi connectivity index (χ0) is 19.0. The van der Waals surface area contributed by atoms with Crippen LogP contribution >= 0.6 is 0 Å². The molecule has 146 valence electrons. The van der Waals surface area contributed by atoms with Gasteiger partial charge in [0.1, 0.15) is 11.9 Å². The number of hydrazine groups is 1. The molecule has 3 heterocycles. The topological polar surface area (TPSA) is 82.4 Å². The summed E-state index contributed by atoms with van der Waals surface area (Å²) in [5.41, 5.74) is 6.49. The van der Waals surface area contributed by atoms with Gasteiger partial charge >= 0.3 is 6.09 Å². The van der Waals surface area contributed by atoms with Gasteiger partial charge in [-0.3, -0.25) is 14.7 Å². The van der Waals surface area contributed by atoms with E-state index in [4.69, 9.17) is 10.5 Å². The standard InChI is InChI=1S/C18H24FN5O3/c19-15-10-13(23-12-14(11-20)27-18(23)26)3-4-16(15)21-6-8-22-5-1-2-17(25)24(22)9-7-21/h3-4,10,14H,1-2,5-9,11-12,20H2/t14-/m0/s1. The van der Waals surface area contributed by atoms with Crippen molar-refractivity contribution in [1.82, 2.24) is 10.0 Å². The summed E-state index contributed by atoms with van der Waals surface area (Å²) >= 11 is 0. The molecule has 1 atom stereocenters. The zero-order valence-electron chi connectivity index (χ0n) is 15.1. The average Bonchev–Trinajstić information content (AvgIpc) is 2.90. The molecule has 3 aliphatic heterocycles. The molecular weight excluding hydrogens is 353 g/mol. The monoisotopic (exact) mass is 377 g/mol. The third-order valence-electron chi connectivity index (χ3n) is 5.37. The fourth-order valence-corrected chi connectivity index (χ4v) is 3.90. The Bertz CT molecular complexity index is 746. The van der Waals surface area contributed by atoms with Crippen LogP contribution in [0, 0.1) is 5.82 Å². The number of hydrogen-bond donors (Lipinski definition) is 1. The predicted octanol–water partition coefficient (Wildman–Crippen LogP) is 0.769. The number of halogens is 1. The van der Waals surface area contributed by atoms with E-state index in [1.54, 1.807) is 17.1 Å². The Morgan fingerprint density at radius 1 is 1.15 bits per heavy atom. The van der Waals surface area contributed by atoms with Gasteiger partial charge < -0.3 is 15.4 Å². The number of benzene rings is 1. The number of hydrogen-bond acceptors (Lipinski definition) is 6. The molecule has 2 amide bonds. The molecule has 3 saturated heterocycles. The van der Waals surface area contributed by atoms with Crippen molar-refractivity contribution in [1.29, 1.82) is 0 Å². The first-order valence-corrected chi connectivity index (χ1v) is 9.35. The molecule has 3 fully saturated rings. The number of fused-ring (bicyclic) bond motifs is 1. The first-order chi connectivity index (χ1) is 13.1. The number of nitrogens with two attached hydrogens (primary N) is 1. The molecule has 0 aromatic heterocycles. The number of carbonyl (C=O) groups excluding carboxylic acids is 2. The molecule has 0 spiro atoms. The third kappa shape index (κ3) is 3.44. The summed E-state index contributed by atoms with van der Waals surface area (Å²) in [6.45, 7) is 3.87. The van der Waals surface area contributed by atoms with E-state index < -0.39 is 11.9 Å². The lowest BCUT2D eigenvalue weighted by Gasteiger charge is -2.36. The number of ether oxygens (including phenoxy) is 1. The minimum absolute atomic E-state index is 0.140. The van der Waals surface area contributed by atoms with Gasteiger partial charge in [-0.25, -0.2) is 14.2 Å². The summed E-state index contributed by atoms with van der Waals surface area (Å²) in [5, 5.41) is 3.86. The highest BCUT2D eigenvalue weighted by Gasteiger charge is 2.33. The van der Waals surface area contributed by atoms with E-state index in [9.17, 15) is 14.0 Å². The van der Waals surface area contributed by atoms with E-state index in [0.717, 1.165) is 13.0 Å². The second-order valence-corrected chi connectivity index (χ2v) is 7.05. The summed E-state index contributed by atoms with van der Waals surface area (Å²) < 4.78 is 20.0. The molecule has 0 bridgehead atoms. The van der Waals surface area contributed by atoms with Crippen molar-refractivity contribution in [3.8, 4) is 0 Å². The Morgan fingerprint density at radius 2 is 1.96 bits per heavy atom. The second kappa shape index (κ2) is 7.32. The van der Waals surface area contributed by atoms with Crippen LogP contribution in [0.2, 0.25) is 0 Å². The van der Waals surface area contributed by atoms with Crippen LogP contribution in [0.15, 0.2) is 18.2 Å². The molecule has 1 aromatic rings. The van der Waals surface area contributed by atoms with Crippen molar-refractivity contribution < 1.29 is 18.7 Å².